The lowest BCUT2D eigenvalue weighted by Gasteiger charge is -2.25. The lowest BCUT2D eigenvalue weighted by molar-refractivity contribution is -0.113. The van der Waals surface area contributed by atoms with E-state index in [4.69, 9.17) is 0 Å². The van der Waals surface area contributed by atoms with Crippen LogP contribution in [0.1, 0.15) is 37.2 Å². The number of esters is 1. The zero-order valence-corrected chi connectivity index (χ0v) is 18.2. The van der Waals surface area contributed by atoms with Crippen molar-refractivity contribution in [3.05, 3.63) is 95.2 Å². The molecule has 8 heteroatoms. The number of rotatable bonds is 7. The van der Waals surface area contributed by atoms with Gasteiger partial charge in [0.2, 0.25) is 5.91 Å². The van der Waals surface area contributed by atoms with Gasteiger partial charge in [0.15, 0.2) is 0 Å². The summed E-state index contributed by atoms with van der Waals surface area (Å²) in [5.74, 6) is -0.300. The van der Waals surface area contributed by atoms with Crippen molar-refractivity contribution in [3.8, 4) is 0 Å². The Morgan fingerprint density at radius 3 is 2.53 bits per heavy atom. The summed E-state index contributed by atoms with van der Waals surface area (Å²) in [6.07, 6.45) is 1.35. The van der Waals surface area contributed by atoms with E-state index in [1.54, 1.807) is 11.0 Å². The number of hydrogen-bond acceptors (Lipinski definition) is 6. The van der Waals surface area contributed by atoms with Crippen LogP contribution in [-0.4, -0.2) is 40.5 Å². The highest BCUT2D eigenvalue weighted by Crippen LogP contribution is 2.42. The van der Waals surface area contributed by atoms with Gasteiger partial charge >= 0.3 is 5.97 Å². The number of anilines is 1. The third-order valence-electron chi connectivity index (χ3n) is 5.02. The number of carbonyl (C=O) groups excluding carboxylic acids is 3. The first-order chi connectivity index (χ1) is 15.6. The van der Waals surface area contributed by atoms with Crippen LogP contribution < -0.4 is 5.32 Å². The number of thioether (sulfide) groups is 1. The fourth-order valence-corrected chi connectivity index (χ4v) is 4.61. The lowest BCUT2D eigenvalue weighted by atomic mass is 10.1. The molecule has 1 atom stereocenters. The van der Waals surface area contributed by atoms with Gasteiger partial charge in [-0.25, -0.2) is 9.78 Å². The predicted octanol–water partition coefficient (Wildman–Crippen LogP) is 3.89. The van der Waals surface area contributed by atoms with Crippen molar-refractivity contribution in [2.24, 2.45) is 0 Å². The van der Waals surface area contributed by atoms with Crippen LogP contribution in [0.5, 0.6) is 0 Å². The van der Waals surface area contributed by atoms with Crippen molar-refractivity contribution in [2.45, 2.75) is 11.9 Å². The number of nitrogens with one attached hydrogen (secondary N) is 1. The van der Waals surface area contributed by atoms with Gasteiger partial charge in [-0.05, 0) is 29.3 Å². The topological polar surface area (TPSA) is 88.6 Å². The van der Waals surface area contributed by atoms with Gasteiger partial charge in [0.05, 0.1) is 18.4 Å². The van der Waals surface area contributed by atoms with E-state index in [2.05, 4.69) is 15.0 Å². The van der Waals surface area contributed by atoms with Gasteiger partial charge in [0.1, 0.15) is 11.2 Å². The van der Waals surface area contributed by atoms with E-state index in [1.807, 2.05) is 54.6 Å². The molecule has 1 N–H and O–H groups in total. The first kappa shape index (κ1) is 21.6. The first-order valence-corrected chi connectivity index (χ1v) is 11.0. The van der Waals surface area contributed by atoms with E-state index in [0.717, 1.165) is 11.1 Å². The summed E-state index contributed by atoms with van der Waals surface area (Å²) in [5, 5.41) is 2.46. The molecule has 0 saturated carbocycles. The van der Waals surface area contributed by atoms with E-state index in [1.165, 1.54) is 31.1 Å². The summed E-state index contributed by atoms with van der Waals surface area (Å²) in [7, 11) is 1.29. The molecule has 0 radical (unpaired) electrons. The molecular formula is C24H21N3O4S. The fourth-order valence-electron chi connectivity index (χ4n) is 3.49. The van der Waals surface area contributed by atoms with Gasteiger partial charge in [-0.2, -0.15) is 0 Å². The number of fused-ring (bicyclic) bond motifs is 1. The summed E-state index contributed by atoms with van der Waals surface area (Å²) in [5.41, 5.74) is 2.91. The molecular weight excluding hydrogens is 426 g/mol. The van der Waals surface area contributed by atoms with Gasteiger partial charge in [-0.15, -0.1) is 11.8 Å². The number of nitrogens with zero attached hydrogens (tertiary/aromatic N) is 2. The molecule has 2 amide bonds. The van der Waals surface area contributed by atoms with Gasteiger partial charge in [0.25, 0.3) is 5.91 Å². The van der Waals surface area contributed by atoms with Crippen molar-refractivity contribution >= 4 is 35.4 Å². The molecule has 1 aromatic heterocycles. The largest absolute Gasteiger partial charge is 0.465 e. The third kappa shape index (κ3) is 4.65. The van der Waals surface area contributed by atoms with Crippen LogP contribution in [0.25, 0.3) is 0 Å². The molecule has 162 valence electrons. The average molecular weight is 448 g/mol. The van der Waals surface area contributed by atoms with E-state index in [9.17, 15) is 14.4 Å². The predicted molar refractivity (Wildman–Crippen MR) is 122 cm³/mol. The van der Waals surface area contributed by atoms with Crippen LogP contribution in [0.4, 0.5) is 5.82 Å². The summed E-state index contributed by atoms with van der Waals surface area (Å²) < 4.78 is 4.64. The standard InChI is InChI=1S/C24H21N3O4S/c1-31-24(30)17-11-12-20(25-13-17)26-21(28)15-32-23-19-10-6-5-9-18(19)22(29)27(23)14-16-7-3-2-4-8-16/h2-13,23H,14-15H2,1H3,(H,25,26,28). The highest BCUT2D eigenvalue weighted by atomic mass is 32.2. The molecule has 1 unspecified atom stereocenters. The van der Waals surface area contributed by atoms with Crippen LogP contribution in [0.3, 0.4) is 0 Å². The number of aromatic nitrogens is 1. The molecule has 0 aliphatic carbocycles. The molecule has 0 spiro atoms. The van der Waals surface area contributed by atoms with Crippen molar-refractivity contribution in [1.82, 2.24) is 9.88 Å². The molecule has 32 heavy (non-hydrogen) atoms. The Morgan fingerprint density at radius 2 is 1.81 bits per heavy atom. The molecule has 0 saturated heterocycles. The SMILES string of the molecule is COC(=O)c1ccc(NC(=O)CSC2c3ccccc3C(=O)N2Cc2ccccc2)nc1. The maximum Gasteiger partial charge on any atom is 0.339 e. The number of carbonyl (C=O) groups is 3. The molecule has 2 aromatic carbocycles. The Bertz CT molecular complexity index is 1140. The number of hydrogen-bond donors (Lipinski definition) is 1. The second-order valence-corrected chi connectivity index (χ2v) is 8.21. The van der Waals surface area contributed by atoms with E-state index in [-0.39, 0.29) is 22.9 Å². The maximum absolute atomic E-state index is 13.0. The van der Waals surface area contributed by atoms with Gasteiger partial charge < -0.3 is 15.0 Å². The number of amides is 2. The Balaban J connectivity index is 1.44. The summed E-state index contributed by atoms with van der Waals surface area (Å²) in [6.45, 7) is 0.462. The molecule has 1 aliphatic heterocycles. The Labute approximate surface area is 189 Å². The van der Waals surface area contributed by atoms with Gasteiger partial charge in [-0.1, -0.05) is 48.5 Å². The zero-order valence-electron chi connectivity index (χ0n) is 17.4. The van der Waals surface area contributed by atoms with Crippen LogP contribution in [0.15, 0.2) is 72.9 Å². The Kier molecular flexibility index (Phi) is 6.51. The summed E-state index contributed by atoms with van der Waals surface area (Å²) >= 11 is 1.39. The van der Waals surface area contributed by atoms with Crippen LogP contribution in [0, 0.1) is 0 Å². The van der Waals surface area contributed by atoms with E-state index < -0.39 is 5.97 Å². The molecule has 0 bridgehead atoms. The van der Waals surface area contributed by atoms with Crippen LogP contribution in [0.2, 0.25) is 0 Å². The quantitative estimate of drug-likeness (QED) is 0.553. The normalized spacial score (nSPS) is 14.7. The first-order valence-electron chi connectivity index (χ1n) is 9.96. The smallest absolute Gasteiger partial charge is 0.339 e. The number of methoxy groups -OCH3 is 1. The molecule has 7 nitrogen and oxygen atoms in total. The minimum absolute atomic E-state index is 0.0394. The van der Waals surface area contributed by atoms with E-state index in [0.29, 0.717) is 23.5 Å². The van der Waals surface area contributed by atoms with Crippen LogP contribution >= 0.6 is 11.8 Å². The maximum atomic E-state index is 13.0. The number of pyridine rings is 1. The monoisotopic (exact) mass is 447 g/mol. The van der Waals surface area contributed by atoms with Crippen LogP contribution in [-0.2, 0) is 16.1 Å². The van der Waals surface area contributed by atoms with Crippen molar-refractivity contribution in [3.63, 3.8) is 0 Å². The Morgan fingerprint density at radius 1 is 1.06 bits per heavy atom. The minimum Gasteiger partial charge on any atom is -0.465 e. The zero-order chi connectivity index (χ0) is 22.5. The average Bonchev–Trinajstić information content (AvgIpc) is 3.09. The van der Waals surface area contributed by atoms with Gasteiger partial charge in [0, 0.05) is 18.3 Å². The molecule has 1 aliphatic rings. The second kappa shape index (κ2) is 9.65. The fraction of sp³-hybridized carbons (Fsp3) is 0.167. The van der Waals surface area contributed by atoms with Crippen molar-refractivity contribution in [2.75, 3.05) is 18.2 Å². The Hall–Kier alpha value is -3.65. The van der Waals surface area contributed by atoms with E-state index >= 15 is 0 Å². The molecule has 2 heterocycles. The highest BCUT2D eigenvalue weighted by molar-refractivity contribution is 8.00. The summed E-state index contributed by atoms with van der Waals surface area (Å²) in [6, 6.07) is 20.4. The lowest BCUT2D eigenvalue weighted by Crippen LogP contribution is -2.27. The molecule has 3 aromatic rings. The molecule has 4 rings (SSSR count). The number of benzene rings is 2. The number of ether oxygens (including phenoxy) is 1. The summed E-state index contributed by atoms with van der Waals surface area (Å²) in [4.78, 5) is 42.9. The second-order valence-electron chi connectivity index (χ2n) is 7.14. The third-order valence-corrected chi connectivity index (χ3v) is 6.27. The van der Waals surface area contributed by atoms with Crippen molar-refractivity contribution < 1.29 is 19.1 Å². The van der Waals surface area contributed by atoms with Crippen molar-refractivity contribution in [1.29, 1.82) is 0 Å². The van der Waals surface area contributed by atoms with Gasteiger partial charge in [-0.3, -0.25) is 9.59 Å². The molecule has 0 fully saturated rings. The highest BCUT2D eigenvalue weighted by Gasteiger charge is 2.36. The minimum atomic E-state index is -0.492.